The molecule has 0 atom stereocenters. The Morgan fingerprint density at radius 1 is 0.789 bits per heavy atom. The highest BCUT2D eigenvalue weighted by atomic mass is 16.2. The molecule has 19 heavy (non-hydrogen) atoms. The fourth-order valence-corrected chi connectivity index (χ4v) is 2.57. The average molecular weight is 267 g/mol. The van der Waals surface area contributed by atoms with Gasteiger partial charge in [-0.05, 0) is 19.3 Å². The third-order valence-corrected chi connectivity index (χ3v) is 3.83. The molecule has 2 saturated heterocycles. The van der Waals surface area contributed by atoms with Crippen molar-refractivity contribution in [2.45, 2.75) is 25.7 Å². The normalized spacial score (nSPS) is 20.3. The predicted octanol–water partition coefficient (Wildman–Crippen LogP) is -0.310. The average Bonchev–Trinajstić information content (AvgIpc) is 2.48. The van der Waals surface area contributed by atoms with Crippen molar-refractivity contribution in [3.63, 3.8) is 0 Å². The third kappa shape index (κ3) is 3.68. The van der Waals surface area contributed by atoms with Crippen LogP contribution >= 0.6 is 0 Å². The van der Waals surface area contributed by atoms with Crippen LogP contribution in [0.4, 0.5) is 0 Å². The lowest BCUT2D eigenvalue weighted by atomic mass is 10.1. The molecule has 2 aliphatic heterocycles. The number of carbonyl (C=O) groups is 3. The maximum absolute atomic E-state index is 12.0. The van der Waals surface area contributed by atoms with E-state index in [0.29, 0.717) is 26.2 Å². The van der Waals surface area contributed by atoms with Gasteiger partial charge in [0.05, 0.1) is 0 Å². The van der Waals surface area contributed by atoms with E-state index in [0.717, 1.165) is 32.3 Å². The summed E-state index contributed by atoms with van der Waals surface area (Å²) >= 11 is 0. The number of hydrogen-bond acceptors (Lipinski definition) is 3. The number of piperazine rings is 1. The first-order valence-electron chi connectivity index (χ1n) is 6.95. The molecule has 2 aliphatic rings. The van der Waals surface area contributed by atoms with E-state index < -0.39 is 0 Å². The minimum absolute atomic E-state index is 0.0267. The zero-order valence-electron chi connectivity index (χ0n) is 11.2. The standard InChI is InChI=1S/C13H21N3O3/c17-11-14-6-8-16(9-7-14)13(19)10-12(18)15-4-2-1-3-5-15/h11H,1-10H2. The summed E-state index contributed by atoms with van der Waals surface area (Å²) in [6, 6.07) is 0. The van der Waals surface area contributed by atoms with Gasteiger partial charge >= 0.3 is 0 Å². The summed E-state index contributed by atoms with van der Waals surface area (Å²) in [4.78, 5) is 39.7. The maximum atomic E-state index is 12.0. The highest BCUT2D eigenvalue weighted by Crippen LogP contribution is 2.11. The molecule has 0 aromatic rings. The van der Waals surface area contributed by atoms with E-state index in [1.165, 1.54) is 6.42 Å². The van der Waals surface area contributed by atoms with Gasteiger partial charge in [0.1, 0.15) is 6.42 Å². The molecular formula is C13H21N3O3. The first kappa shape index (κ1) is 13.8. The topological polar surface area (TPSA) is 60.9 Å². The molecular weight excluding hydrogens is 246 g/mol. The lowest BCUT2D eigenvalue weighted by Gasteiger charge is -2.33. The molecule has 0 saturated carbocycles. The summed E-state index contributed by atoms with van der Waals surface area (Å²) in [5, 5.41) is 0. The van der Waals surface area contributed by atoms with Crippen molar-refractivity contribution >= 4 is 18.2 Å². The minimum atomic E-state index is -0.110. The van der Waals surface area contributed by atoms with Crippen molar-refractivity contribution in [3.8, 4) is 0 Å². The molecule has 2 heterocycles. The van der Waals surface area contributed by atoms with Crippen LogP contribution in [0.25, 0.3) is 0 Å². The lowest BCUT2D eigenvalue weighted by Crippen LogP contribution is -2.49. The van der Waals surface area contributed by atoms with Crippen LogP contribution in [0.2, 0.25) is 0 Å². The van der Waals surface area contributed by atoms with Gasteiger partial charge in [0.15, 0.2) is 0 Å². The van der Waals surface area contributed by atoms with Gasteiger partial charge in [0.25, 0.3) is 0 Å². The molecule has 0 aliphatic carbocycles. The molecule has 106 valence electrons. The van der Waals surface area contributed by atoms with Crippen LogP contribution in [0.15, 0.2) is 0 Å². The Labute approximate surface area is 113 Å². The maximum Gasteiger partial charge on any atom is 0.232 e. The van der Waals surface area contributed by atoms with Gasteiger partial charge < -0.3 is 14.7 Å². The van der Waals surface area contributed by atoms with Crippen LogP contribution in [-0.4, -0.2) is 72.2 Å². The number of likely N-dealkylation sites (tertiary alicyclic amines) is 1. The van der Waals surface area contributed by atoms with E-state index in [9.17, 15) is 14.4 Å². The summed E-state index contributed by atoms with van der Waals surface area (Å²) in [6.45, 7) is 3.76. The molecule has 0 aromatic heterocycles. The van der Waals surface area contributed by atoms with Crippen molar-refractivity contribution in [3.05, 3.63) is 0 Å². The Bertz CT molecular complexity index is 345. The molecule has 0 spiro atoms. The number of hydrogen-bond donors (Lipinski definition) is 0. The third-order valence-electron chi connectivity index (χ3n) is 3.83. The quantitative estimate of drug-likeness (QED) is 0.520. The Balaban J connectivity index is 1.77. The molecule has 2 fully saturated rings. The summed E-state index contributed by atoms with van der Waals surface area (Å²) in [6.07, 6.45) is 4.03. The Kier molecular flexibility index (Phi) is 4.76. The van der Waals surface area contributed by atoms with E-state index in [1.54, 1.807) is 14.7 Å². The molecule has 0 N–H and O–H groups in total. The van der Waals surface area contributed by atoms with Gasteiger partial charge in [0.2, 0.25) is 18.2 Å². The fraction of sp³-hybridized carbons (Fsp3) is 0.769. The van der Waals surface area contributed by atoms with Crippen LogP contribution in [0, 0.1) is 0 Å². The van der Waals surface area contributed by atoms with Crippen LogP contribution in [0.3, 0.4) is 0 Å². The first-order valence-corrected chi connectivity index (χ1v) is 6.95. The lowest BCUT2D eigenvalue weighted by molar-refractivity contribution is -0.143. The molecule has 2 rings (SSSR count). The number of carbonyl (C=O) groups excluding carboxylic acids is 3. The van der Waals surface area contributed by atoms with E-state index in [-0.39, 0.29) is 18.2 Å². The highest BCUT2D eigenvalue weighted by Gasteiger charge is 2.24. The van der Waals surface area contributed by atoms with Gasteiger partial charge in [0, 0.05) is 39.3 Å². The Hall–Kier alpha value is -1.59. The van der Waals surface area contributed by atoms with E-state index in [1.807, 2.05) is 0 Å². The molecule has 0 radical (unpaired) electrons. The Morgan fingerprint density at radius 2 is 1.32 bits per heavy atom. The van der Waals surface area contributed by atoms with Gasteiger partial charge in [-0.15, -0.1) is 0 Å². The largest absolute Gasteiger partial charge is 0.342 e. The van der Waals surface area contributed by atoms with E-state index in [2.05, 4.69) is 0 Å². The van der Waals surface area contributed by atoms with Crippen LogP contribution in [0.5, 0.6) is 0 Å². The molecule has 6 nitrogen and oxygen atoms in total. The van der Waals surface area contributed by atoms with Gasteiger partial charge in [-0.3, -0.25) is 14.4 Å². The summed E-state index contributed by atoms with van der Waals surface area (Å²) < 4.78 is 0. The Morgan fingerprint density at radius 3 is 1.84 bits per heavy atom. The first-order chi connectivity index (χ1) is 9.20. The van der Waals surface area contributed by atoms with Crippen LogP contribution in [-0.2, 0) is 14.4 Å². The fourth-order valence-electron chi connectivity index (χ4n) is 2.57. The second-order valence-electron chi connectivity index (χ2n) is 5.14. The summed E-state index contributed by atoms with van der Waals surface area (Å²) in [7, 11) is 0. The van der Waals surface area contributed by atoms with Gasteiger partial charge in [-0.1, -0.05) is 0 Å². The van der Waals surface area contributed by atoms with Crippen molar-refractivity contribution < 1.29 is 14.4 Å². The zero-order valence-corrected chi connectivity index (χ0v) is 11.2. The summed E-state index contributed by atoms with van der Waals surface area (Å²) in [5.41, 5.74) is 0. The summed E-state index contributed by atoms with van der Waals surface area (Å²) in [5.74, 6) is -0.163. The number of rotatable bonds is 3. The highest BCUT2D eigenvalue weighted by molar-refractivity contribution is 5.97. The molecule has 3 amide bonds. The second kappa shape index (κ2) is 6.54. The van der Waals surface area contributed by atoms with Crippen LogP contribution in [0.1, 0.15) is 25.7 Å². The number of piperidine rings is 1. The van der Waals surface area contributed by atoms with Crippen molar-refractivity contribution in [1.82, 2.24) is 14.7 Å². The SMILES string of the molecule is O=CN1CCN(C(=O)CC(=O)N2CCCCC2)CC1. The zero-order chi connectivity index (χ0) is 13.7. The van der Waals surface area contributed by atoms with E-state index >= 15 is 0 Å². The number of amides is 3. The van der Waals surface area contributed by atoms with Gasteiger partial charge in [-0.2, -0.15) is 0 Å². The van der Waals surface area contributed by atoms with Crippen molar-refractivity contribution in [2.24, 2.45) is 0 Å². The molecule has 0 bridgehead atoms. The molecule has 0 aromatic carbocycles. The van der Waals surface area contributed by atoms with Crippen LogP contribution < -0.4 is 0 Å². The second-order valence-corrected chi connectivity index (χ2v) is 5.14. The predicted molar refractivity (Wildman–Crippen MR) is 69.3 cm³/mol. The van der Waals surface area contributed by atoms with E-state index in [4.69, 9.17) is 0 Å². The molecule has 6 heteroatoms. The minimum Gasteiger partial charge on any atom is -0.342 e. The monoisotopic (exact) mass is 267 g/mol. The van der Waals surface area contributed by atoms with Gasteiger partial charge in [-0.25, -0.2) is 0 Å². The van der Waals surface area contributed by atoms with Crippen molar-refractivity contribution in [1.29, 1.82) is 0 Å². The molecule has 0 unspecified atom stereocenters. The number of nitrogens with zero attached hydrogens (tertiary/aromatic N) is 3. The van der Waals surface area contributed by atoms with Crippen molar-refractivity contribution in [2.75, 3.05) is 39.3 Å². The smallest absolute Gasteiger partial charge is 0.232 e.